The molecule has 1 atom stereocenters. The van der Waals surface area contributed by atoms with Gasteiger partial charge < -0.3 is 33.5 Å². The summed E-state index contributed by atoms with van der Waals surface area (Å²) in [5, 5.41) is 0. The van der Waals surface area contributed by atoms with Gasteiger partial charge in [-0.3, -0.25) is 9.59 Å². The molecule has 0 radical (unpaired) electrons. The minimum atomic E-state index is -0.554. The summed E-state index contributed by atoms with van der Waals surface area (Å²) in [5.74, 6) is -0.0413. The summed E-state index contributed by atoms with van der Waals surface area (Å²) in [6, 6.07) is 0. The Morgan fingerprint density at radius 2 is 1.23 bits per heavy atom. The average molecular weight is 681 g/mol. The van der Waals surface area contributed by atoms with Gasteiger partial charge in [-0.2, -0.15) is 0 Å². The van der Waals surface area contributed by atoms with E-state index in [0.717, 1.165) is 13.2 Å². The summed E-state index contributed by atoms with van der Waals surface area (Å²) in [4.78, 5) is 52.5. The molecule has 0 aromatic carbocycles. The molecule has 0 saturated carbocycles. The molecule has 11 heteroatoms. The van der Waals surface area contributed by atoms with Gasteiger partial charge in [-0.1, -0.05) is 20.8 Å². The van der Waals surface area contributed by atoms with Crippen LogP contribution in [0.1, 0.15) is 116 Å². The molecule has 3 aliphatic rings. The third kappa shape index (κ3) is 16.8. The Balaban J connectivity index is 0.000000418. The van der Waals surface area contributed by atoms with Crippen molar-refractivity contribution in [3.05, 3.63) is 23.7 Å². The van der Waals surface area contributed by atoms with E-state index < -0.39 is 22.7 Å². The number of hydrogen-bond donors (Lipinski definition) is 0. The van der Waals surface area contributed by atoms with E-state index in [4.69, 9.17) is 23.7 Å². The van der Waals surface area contributed by atoms with Crippen molar-refractivity contribution < 1.29 is 42.9 Å². The molecule has 3 heterocycles. The molecule has 0 spiro atoms. The molecule has 48 heavy (non-hydrogen) atoms. The molecule has 1 unspecified atom stereocenters. The fourth-order valence-corrected chi connectivity index (χ4v) is 4.58. The number of carbonyl (C=O) groups excluding carboxylic acids is 4. The first kappa shape index (κ1) is 42.9. The first-order valence-electron chi connectivity index (χ1n) is 17.3. The fourth-order valence-electron chi connectivity index (χ4n) is 4.58. The second-order valence-corrected chi connectivity index (χ2v) is 15.8. The van der Waals surface area contributed by atoms with Crippen LogP contribution in [-0.2, 0) is 33.3 Å². The summed E-state index contributed by atoms with van der Waals surface area (Å²) in [7, 11) is 0. The quantitative estimate of drug-likeness (QED) is 0.220. The number of likely N-dealkylation sites (tertiary alicyclic amines) is 2. The van der Waals surface area contributed by atoms with E-state index in [0.29, 0.717) is 37.1 Å². The highest BCUT2D eigenvalue weighted by Crippen LogP contribution is 2.30. The first-order chi connectivity index (χ1) is 22.0. The van der Waals surface area contributed by atoms with Gasteiger partial charge in [-0.05, 0) is 94.9 Å². The van der Waals surface area contributed by atoms with Crippen molar-refractivity contribution in [2.45, 2.75) is 139 Å². The van der Waals surface area contributed by atoms with Crippen molar-refractivity contribution in [2.24, 2.45) is 11.3 Å². The maximum atomic E-state index is 12.6. The third-order valence-electron chi connectivity index (χ3n) is 7.33. The molecule has 276 valence electrons. The number of Topliss-reactive ketones (excluding diaryl/α,β-unsaturated/α-hetero) is 2. The predicted octanol–water partition coefficient (Wildman–Crippen LogP) is 7.47. The van der Waals surface area contributed by atoms with Gasteiger partial charge in [0, 0.05) is 48.8 Å². The number of amides is 2. The Morgan fingerprint density at radius 3 is 1.65 bits per heavy atom. The minimum Gasteiger partial charge on any atom is -0.498 e. The lowest BCUT2D eigenvalue weighted by Crippen LogP contribution is -2.38. The van der Waals surface area contributed by atoms with Crippen LogP contribution in [0.15, 0.2) is 23.7 Å². The summed E-state index contributed by atoms with van der Waals surface area (Å²) in [6.45, 7) is 27.7. The zero-order chi connectivity index (χ0) is 36.9. The maximum absolute atomic E-state index is 12.6. The first-order valence-corrected chi connectivity index (χ1v) is 17.3. The Morgan fingerprint density at radius 1 is 0.792 bits per heavy atom. The van der Waals surface area contributed by atoms with Gasteiger partial charge in [-0.15, -0.1) is 0 Å². The van der Waals surface area contributed by atoms with Crippen LogP contribution in [0.25, 0.3) is 0 Å². The van der Waals surface area contributed by atoms with Gasteiger partial charge in [0.05, 0.1) is 37.8 Å². The van der Waals surface area contributed by atoms with Crippen LogP contribution < -0.4 is 0 Å². The van der Waals surface area contributed by atoms with E-state index in [-0.39, 0.29) is 48.9 Å². The van der Waals surface area contributed by atoms with Crippen LogP contribution in [0, 0.1) is 11.3 Å². The topological polar surface area (TPSA) is 121 Å². The number of ether oxygens (including phenoxy) is 5. The SMILES string of the molecule is C1CCOC1.CC(C)O/C=C1/CN(C(=O)OC(C)(C)C)CCC(C)(C)C1=O.CC(C)O/C=C1\CN(C(=O)OC(C)(C)C)CCC(C)C1=O. The predicted molar refractivity (Wildman–Crippen MR) is 186 cm³/mol. The second-order valence-electron chi connectivity index (χ2n) is 15.8. The normalized spacial score (nSPS) is 21.9. The van der Waals surface area contributed by atoms with Crippen LogP contribution in [-0.4, -0.2) is 96.4 Å². The summed E-state index contributed by atoms with van der Waals surface area (Å²) in [6.07, 6.45) is 5.99. The van der Waals surface area contributed by atoms with E-state index in [2.05, 4.69) is 0 Å². The van der Waals surface area contributed by atoms with E-state index in [1.165, 1.54) is 25.4 Å². The van der Waals surface area contributed by atoms with Gasteiger partial charge in [0.1, 0.15) is 11.2 Å². The van der Waals surface area contributed by atoms with Crippen molar-refractivity contribution >= 4 is 23.8 Å². The smallest absolute Gasteiger partial charge is 0.410 e. The van der Waals surface area contributed by atoms with Crippen LogP contribution >= 0.6 is 0 Å². The second kappa shape index (κ2) is 19.2. The highest BCUT2D eigenvalue weighted by molar-refractivity contribution is 6.00. The molecule has 0 aliphatic carbocycles. The van der Waals surface area contributed by atoms with Gasteiger partial charge in [0.25, 0.3) is 0 Å². The number of nitrogens with zero attached hydrogens (tertiary/aromatic N) is 2. The van der Waals surface area contributed by atoms with Crippen molar-refractivity contribution in [2.75, 3.05) is 39.4 Å². The summed E-state index contributed by atoms with van der Waals surface area (Å²) < 4.78 is 26.6. The van der Waals surface area contributed by atoms with Crippen LogP contribution in [0.2, 0.25) is 0 Å². The molecule has 3 aliphatic heterocycles. The molecule has 0 N–H and O–H groups in total. The van der Waals surface area contributed by atoms with Crippen molar-refractivity contribution in [3.63, 3.8) is 0 Å². The number of rotatable bonds is 4. The molecule has 11 nitrogen and oxygen atoms in total. The van der Waals surface area contributed by atoms with Crippen molar-refractivity contribution in [1.29, 1.82) is 0 Å². The molecular weight excluding hydrogens is 616 g/mol. The standard InChI is InChI=1S/C17H29NO4.C16H27NO4.C4H8O/c1-12(2)21-11-13-10-18(15(20)22-16(3,4)5)9-8-17(6,7)14(13)19;1-11(2)20-10-13-9-17(8-7-12(3)14(13)18)15(19)21-16(4,5)6;1-2-4-5-3-1/h11-12H,8-10H2,1-7H3;10-12H,7-9H2,1-6H3;1-4H2/b13-11-;13-10+;. The van der Waals surface area contributed by atoms with Gasteiger partial charge in [0.2, 0.25) is 0 Å². The molecule has 3 rings (SSSR count). The van der Waals surface area contributed by atoms with Crippen LogP contribution in [0.4, 0.5) is 9.59 Å². The lowest BCUT2D eigenvalue weighted by molar-refractivity contribution is -0.123. The molecular formula is C37H64N2O9. The van der Waals surface area contributed by atoms with Crippen LogP contribution in [0.3, 0.4) is 0 Å². The maximum Gasteiger partial charge on any atom is 0.410 e. The van der Waals surface area contributed by atoms with Crippen LogP contribution in [0.5, 0.6) is 0 Å². The highest BCUT2D eigenvalue weighted by Gasteiger charge is 2.37. The number of hydrogen-bond acceptors (Lipinski definition) is 9. The van der Waals surface area contributed by atoms with Gasteiger partial charge in [-0.25, -0.2) is 9.59 Å². The minimum absolute atomic E-state index is 0.00108. The Hall–Kier alpha value is -3.08. The molecule has 3 fully saturated rings. The number of carbonyl (C=O) groups is 4. The van der Waals surface area contributed by atoms with Crippen molar-refractivity contribution in [3.8, 4) is 0 Å². The average Bonchev–Trinajstić information content (AvgIpc) is 3.47. The summed E-state index contributed by atoms with van der Waals surface area (Å²) >= 11 is 0. The molecule has 0 bridgehead atoms. The lowest BCUT2D eigenvalue weighted by atomic mass is 9.82. The van der Waals surface area contributed by atoms with Gasteiger partial charge in [0.15, 0.2) is 11.6 Å². The fraction of sp³-hybridized carbons (Fsp3) is 0.784. The van der Waals surface area contributed by atoms with Gasteiger partial charge >= 0.3 is 12.2 Å². The van der Waals surface area contributed by atoms with E-state index in [9.17, 15) is 19.2 Å². The molecule has 3 saturated heterocycles. The van der Waals surface area contributed by atoms with Crippen molar-refractivity contribution in [1.82, 2.24) is 9.80 Å². The molecule has 0 aromatic rings. The Kier molecular flexibility index (Phi) is 17.2. The lowest BCUT2D eigenvalue weighted by Gasteiger charge is -2.26. The Bertz CT molecular complexity index is 1120. The summed E-state index contributed by atoms with van der Waals surface area (Å²) in [5.41, 5.74) is -0.566. The Labute approximate surface area is 289 Å². The molecule has 2 amide bonds. The monoisotopic (exact) mass is 680 g/mol. The van der Waals surface area contributed by atoms with E-state index in [1.54, 1.807) is 9.80 Å². The highest BCUT2D eigenvalue weighted by atomic mass is 16.6. The zero-order valence-corrected chi connectivity index (χ0v) is 32.0. The zero-order valence-electron chi connectivity index (χ0n) is 32.0. The molecule has 0 aromatic heterocycles. The largest absolute Gasteiger partial charge is 0.498 e. The number of ketones is 2. The van der Waals surface area contributed by atoms with E-state index in [1.807, 2.05) is 90.0 Å². The van der Waals surface area contributed by atoms with E-state index >= 15 is 0 Å². The third-order valence-corrected chi connectivity index (χ3v) is 7.33.